The molecule has 0 radical (unpaired) electrons. The van der Waals surface area contributed by atoms with Crippen molar-refractivity contribution >= 4 is 40.9 Å². The minimum Gasteiger partial charge on any atom is -0.480 e. The Morgan fingerprint density at radius 3 is 2.47 bits per heavy atom. The van der Waals surface area contributed by atoms with E-state index < -0.39 is 17.9 Å². The molecule has 2 aromatic carbocycles. The number of carboxylic acid groups (broad SMARTS) is 1. The Balaban J connectivity index is 1.60. The predicted molar refractivity (Wildman–Crippen MR) is 118 cm³/mol. The molecule has 1 aliphatic rings. The molecule has 3 N–H and O–H groups in total. The molecule has 3 rings (SSSR count). The summed E-state index contributed by atoms with van der Waals surface area (Å²) in [6.07, 6.45) is 0.119. The largest absolute Gasteiger partial charge is 0.480 e. The van der Waals surface area contributed by atoms with E-state index in [1.807, 2.05) is 4.90 Å². The van der Waals surface area contributed by atoms with E-state index in [2.05, 4.69) is 10.6 Å². The fraction of sp³-hybridized carbons (Fsp3) is 0.286. The Kier molecular flexibility index (Phi) is 7.62. The number of rotatable bonds is 6. The molecule has 1 heterocycles. The summed E-state index contributed by atoms with van der Waals surface area (Å²) in [6.45, 7) is 3.31. The van der Waals surface area contributed by atoms with Gasteiger partial charge < -0.3 is 25.4 Å². The zero-order chi connectivity index (χ0) is 21.5. The lowest BCUT2D eigenvalue weighted by Gasteiger charge is -2.28. The second-order valence-corrected chi connectivity index (χ2v) is 7.55. The van der Waals surface area contributed by atoms with Gasteiger partial charge in [-0.2, -0.15) is 0 Å². The average Bonchev–Trinajstić information content (AvgIpc) is 2.75. The average molecular weight is 448 g/mol. The van der Waals surface area contributed by atoms with Crippen molar-refractivity contribution in [2.24, 2.45) is 0 Å². The number of thiocarbonyl (C=S) groups is 1. The number of halogens is 1. The number of nitrogens with one attached hydrogen (secondary N) is 2. The molecule has 0 aliphatic carbocycles. The molecule has 7 nitrogen and oxygen atoms in total. The topological polar surface area (TPSA) is 90.9 Å². The molecule has 2 aromatic rings. The van der Waals surface area contributed by atoms with Gasteiger partial charge in [-0.1, -0.05) is 35.9 Å². The third-order valence-corrected chi connectivity index (χ3v) is 5.34. The van der Waals surface area contributed by atoms with E-state index in [9.17, 15) is 14.7 Å². The van der Waals surface area contributed by atoms with Crippen molar-refractivity contribution in [3.05, 3.63) is 64.7 Å². The quantitative estimate of drug-likeness (QED) is 0.585. The summed E-state index contributed by atoms with van der Waals surface area (Å²) in [5.74, 6) is -1.08. The molecule has 158 valence electrons. The Morgan fingerprint density at radius 2 is 1.83 bits per heavy atom. The zero-order valence-electron chi connectivity index (χ0n) is 16.1. The standard InChI is InChI=1S/C21H22ClN3O4S/c22-17-4-2-1-3-16(17)19(26)24-18(20(27)28)13-14-5-7-15(8-6-14)29-21(30)25-11-9-23-10-12-25/h1-8,18,23H,9-13H2,(H,24,26)(H,27,28). The number of amides is 1. The molecule has 1 atom stereocenters. The number of benzene rings is 2. The molecule has 1 fully saturated rings. The van der Waals surface area contributed by atoms with Crippen LogP contribution in [0.3, 0.4) is 0 Å². The number of nitrogens with zero attached hydrogens (tertiary/aromatic N) is 1. The first-order valence-electron chi connectivity index (χ1n) is 9.48. The van der Waals surface area contributed by atoms with E-state index in [0.29, 0.717) is 10.9 Å². The first kappa shape index (κ1) is 22.0. The summed E-state index contributed by atoms with van der Waals surface area (Å²) in [4.78, 5) is 26.0. The summed E-state index contributed by atoms with van der Waals surface area (Å²) in [6, 6.07) is 12.4. The molecule has 1 aliphatic heterocycles. The van der Waals surface area contributed by atoms with Gasteiger partial charge in [0.1, 0.15) is 11.8 Å². The Bertz CT molecular complexity index is 917. The van der Waals surface area contributed by atoms with E-state index in [1.165, 1.54) is 0 Å². The second kappa shape index (κ2) is 10.4. The number of hydrogen-bond donors (Lipinski definition) is 3. The molecule has 1 saturated heterocycles. The van der Waals surface area contributed by atoms with E-state index in [1.54, 1.807) is 48.5 Å². The lowest BCUT2D eigenvalue weighted by molar-refractivity contribution is -0.139. The van der Waals surface area contributed by atoms with Crippen LogP contribution >= 0.6 is 23.8 Å². The van der Waals surface area contributed by atoms with Crippen LogP contribution in [0.25, 0.3) is 0 Å². The zero-order valence-corrected chi connectivity index (χ0v) is 17.7. The highest BCUT2D eigenvalue weighted by Crippen LogP contribution is 2.17. The molecule has 1 amide bonds. The van der Waals surface area contributed by atoms with Gasteiger partial charge in [0, 0.05) is 32.6 Å². The van der Waals surface area contributed by atoms with E-state index in [4.69, 9.17) is 28.6 Å². The third-order valence-electron chi connectivity index (χ3n) is 4.67. The van der Waals surface area contributed by atoms with Gasteiger partial charge in [-0.05, 0) is 42.0 Å². The number of carbonyl (C=O) groups is 2. The Labute approximate surface area is 185 Å². The summed E-state index contributed by atoms with van der Waals surface area (Å²) >= 11 is 11.4. The van der Waals surface area contributed by atoms with Gasteiger partial charge in [0.25, 0.3) is 11.1 Å². The van der Waals surface area contributed by atoms with E-state index in [0.717, 1.165) is 31.7 Å². The maximum atomic E-state index is 12.4. The first-order valence-corrected chi connectivity index (χ1v) is 10.3. The van der Waals surface area contributed by atoms with E-state index in [-0.39, 0.29) is 17.0 Å². The number of carboxylic acids is 1. The lowest BCUT2D eigenvalue weighted by atomic mass is 10.1. The molecule has 0 bridgehead atoms. The van der Waals surface area contributed by atoms with Crippen LogP contribution in [0.1, 0.15) is 15.9 Å². The maximum absolute atomic E-state index is 12.4. The summed E-state index contributed by atoms with van der Waals surface area (Å²) in [5, 5.41) is 16.0. The Hall–Kier alpha value is -2.68. The van der Waals surface area contributed by atoms with Gasteiger partial charge in [-0.15, -0.1) is 0 Å². The highest BCUT2D eigenvalue weighted by atomic mass is 35.5. The number of ether oxygens (including phenoxy) is 1. The Morgan fingerprint density at radius 1 is 1.17 bits per heavy atom. The van der Waals surface area contributed by atoms with Crippen LogP contribution in [-0.2, 0) is 11.2 Å². The molecule has 0 spiro atoms. The van der Waals surface area contributed by atoms with Crippen molar-refractivity contribution < 1.29 is 19.4 Å². The SMILES string of the molecule is O=C(NC(Cc1ccc(OC(=S)N2CCNCC2)cc1)C(=O)O)c1ccccc1Cl. The molecular weight excluding hydrogens is 426 g/mol. The van der Waals surface area contributed by atoms with Gasteiger partial charge in [-0.25, -0.2) is 4.79 Å². The van der Waals surface area contributed by atoms with Crippen LogP contribution in [0, 0.1) is 0 Å². The first-order chi connectivity index (χ1) is 14.4. The van der Waals surface area contributed by atoms with Crippen molar-refractivity contribution in [2.45, 2.75) is 12.5 Å². The summed E-state index contributed by atoms with van der Waals surface area (Å²) in [7, 11) is 0. The van der Waals surface area contributed by atoms with Gasteiger partial charge in [-0.3, -0.25) is 4.79 Å². The van der Waals surface area contributed by atoms with Crippen molar-refractivity contribution in [1.82, 2.24) is 15.5 Å². The molecular formula is C21H22ClN3O4S. The summed E-state index contributed by atoms with van der Waals surface area (Å²) in [5.41, 5.74) is 0.970. The fourth-order valence-electron chi connectivity index (χ4n) is 3.02. The minimum atomic E-state index is -1.13. The van der Waals surface area contributed by atoms with Crippen molar-refractivity contribution in [2.75, 3.05) is 26.2 Å². The van der Waals surface area contributed by atoms with Gasteiger partial charge in [0.05, 0.1) is 10.6 Å². The second-order valence-electron chi connectivity index (χ2n) is 6.80. The number of piperazine rings is 1. The molecule has 1 unspecified atom stereocenters. The van der Waals surface area contributed by atoms with Crippen molar-refractivity contribution in [3.63, 3.8) is 0 Å². The monoisotopic (exact) mass is 447 g/mol. The summed E-state index contributed by atoms with van der Waals surface area (Å²) < 4.78 is 5.73. The minimum absolute atomic E-state index is 0.119. The number of aliphatic carboxylic acids is 1. The van der Waals surface area contributed by atoms with Gasteiger partial charge in [0.15, 0.2) is 0 Å². The third kappa shape index (κ3) is 5.91. The highest BCUT2D eigenvalue weighted by molar-refractivity contribution is 7.80. The smallest absolute Gasteiger partial charge is 0.326 e. The molecule has 0 aromatic heterocycles. The fourth-order valence-corrected chi connectivity index (χ4v) is 3.52. The molecule has 0 saturated carbocycles. The normalized spacial score (nSPS) is 14.6. The van der Waals surface area contributed by atoms with Gasteiger partial charge >= 0.3 is 5.97 Å². The van der Waals surface area contributed by atoms with Crippen LogP contribution in [-0.4, -0.2) is 59.3 Å². The number of carbonyl (C=O) groups excluding carboxylic acids is 1. The molecule has 30 heavy (non-hydrogen) atoms. The highest BCUT2D eigenvalue weighted by Gasteiger charge is 2.22. The van der Waals surface area contributed by atoms with Crippen LogP contribution in [0.4, 0.5) is 0 Å². The lowest BCUT2D eigenvalue weighted by Crippen LogP contribution is -2.47. The van der Waals surface area contributed by atoms with Crippen LogP contribution < -0.4 is 15.4 Å². The molecule has 9 heteroatoms. The van der Waals surface area contributed by atoms with Crippen LogP contribution in [0.15, 0.2) is 48.5 Å². The van der Waals surface area contributed by atoms with Crippen molar-refractivity contribution in [1.29, 1.82) is 0 Å². The van der Waals surface area contributed by atoms with Crippen molar-refractivity contribution in [3.8, 4) is 5.75 Å². The van der Waals surface area contributed by atoms with Crippen LogP contribution in [0.5, 0.6) is 5.75 Å². The van der Waals surface area contributed by atoms with Gasteiger partial charge in [0.2, 0.25) is 0 Å². The van der Waals surface area contributed by atoms with Crippen LogP contribution in [0.2, 0.25) is 5.02 Å². The number of hydrogen-bond acceptors (Lipinski definition) is 5. The maximum Gasteiger partial charge on any atom is 0.326 e. The predicted octanol–water partition coefficient (Wildman–Crippen LogP) is 2.33. The van der Waals surface area contributed by atoms with E-state index >= 15 is 0 Å².